The van der Waals surface area contributed by atoms with Gasteiger partial charge in [-0.25, -0.2) is 9.59 Å². The summed E-state index contributed by atoms with van der Waals surface area (Å²) in [5.74, 6) is -0.850. The fourth-order valence-corrected chi connectivity index (χ4v) is 1.27. The number of esters is 2. The van der Waals surface area contributed by atoms with Crippen LogP contribution in [0.2, 0.25) is 0 Å². The van der Waals surface area contributed by atoms with E-state index in [0.717, 1.165) is 12.8 Å². The molecule has 0 rings (SSSR count). The molecular formula is C13H22O4. The molecule has 0 unspecified atom stereocenters. The molecule has 0 aliphatic carbocycles. The number of carbonyl (C=O) groups is 2. The zero-order valence-electron chi connectivity index (χ0n) is 11.2. The van der Waals surface area contributed by atoms with Crippen LogP contribution in [0.25, 0.3) is 0 Å². The van der Waals surface area contributed by atoms with Crippen LogP contribution in [0.3, 0.4) is 0 Å². The van der Waals surface area contributed by atoms with Gasteiger partial charge >= 0.3 is 11.9 Å². The molecule has 0 aliphatic heterocycles. The van der Waals surface area contributed by atoms with E-state index in [1.54, 1.807) is 6.92 Å². The van der Waals surface area contributed by atoms with Crippen LogP contribution in [0.4, 0.5) is 0 Å². The molecule has 0 radical (unpaired) electrons. The molecule has 4 heteroatoms. The highest BCUT2D eigenvalue weighted by molar-refractivity contribution is 5.99. The molecule has 0 atom stereocenters. The summed E-state index contributed by atoms with van der Waals surface area (Å²) in [5, 5.41) is 0. The highest BCUT2D eigenvalue weighted by Crippen LogP contribution is 2.12. The van der Waals surface area contributed by atoms with Gasteiger partial charge in [-0.05, 0) is 26.2 Å². The van der Waals surface area contributed by atoms with Crippen LogP contribution in [0, 0.1) is 0 Å². The van der Waals surface area contributed by atoms with Gasteiger partial charge in [0, 0.05) is 11.1 Å². The molecule has 0 aromatic carbocycles. The molecule has 4 nitrogen and oxygen atoms in total. The lowest BCUT2D eigenvalue weighted by molar-refractivity contribution is -0.142. The van der Waals surface area contributed by atoms with Gasteiger partial charge in [-0.1, -0.05) is 20.8 Å². The molecule has 98 valence electrons. The molecule has 0 N–H and O–H groups in total. The third kappa shape index (κ3) is 5.52. The summed E-state index contributed by atoms with van der Waals surface area (Å²) in [5.41, 5.74) is 0.751. The monoisotopic (exact) mass is 242 g/mol. The van der Waals surface area contributed by atoms with Crippen LogP contribution in [0.1, 0.15) is 47.0 Å². The summed E-state index contributed by atoms with van der Waals surface area (Å²) in [6.07, 6.45) is 2.00. The Morgan fingerprint density at radius 1 is 0.882 bits per heavy atom. The Morgan fingerprint density at radius 2 is 1.35 bits per heavy atom. The first kappa shape index (κ1) is 15.7. The Hall–Kier alpha value is -1.32. The van der Waals surface area contributed by atoms with Gasteiger partial charge in [0.15, 0.2) is 0 Å². The minimum atomic E-state index is -0.433. The average Bonchev–Trinajstić information content (AvgIpc) is 2.33. The number of carbonyl (C=O) groups excluding carboxylic acids is 2. The van der Waals surface area contributed by atoms with Crippen molar-refractivity contribution in [2.24, 2.45) is 0 Å². The normalized spacial score (nSPS) is 11.8. The summed E-state index contributed by atoms with van der Waals surface area (Å²) in [4.78, 5) is 23.3. The average molecular weight is 242 g/mol. The molecule has 0 saturated heterocycles. The fraction of sp³-hybridized carbons (Fsp3) is 0.692. The van der Waals surface area contributed by atoms with Crippen LogP contribution < -0.4 is 0 Å². The number of ether oxygens (including phenoxy) is 2. The fourth-order valence-electron chi connectivity index (χ4n) is 1.27. The van der Waals surface area contributed by atoms with Crippen molar-refractivity contribution >= 4 is 11.9 Å². The standard InChI is InChI=1S/C13H22O4/c1-5-8-16-12(14)10(4)11(7-3)13(15)17-9-6-2/h5-9H2,1-4H3. The maximum Gasteiger partial charge on any atom is 0.334 e. The summed E-state index contributed by atoms with van der Waals surface area (Å²) in [7, 11) is 0. The van der Waals surface area contributed by atoms with E-state index in [9.17, 15) is 9.59 Å². The Kier molecular flexibility index (Phi) is 8.11. The second kappa shape index (κ2) is 8.79. The largest absolute Gasteiger partial charge is 0.462 e. The summed E-state index contributed by atoms with van der Waals surface area (Å²) in [6.45, 7) is 8.01. The van der Waals surface area contributed by atoms with Crippen molar-refractivity contribution in [1.29, 1.82) is 0 Å². The smallest absolute Gasteiger partial charge is 0.334 e. The predicted octanol–water partition coefficient (Wildman–Crippen LogP) is 2.62. The molecule has 0 spiro atoms. The van der Waals surface area contributed by atoms with E-state index < -0.39 is 11.9 Å². The Balaban J connectivity index is 4.67. The molecule has 0 fully saturated rings. The van der Waals surface area contributed by atoms with Crippen molar-refractivity contribution in [1.82, 2.24) is 0 Å². The van der Waals surface area contributed by atoms with Crippen molar-refractivity contribution < 1.29 is 19.1 Å². The lowest BCUT2D eigenvalue weighted by Gasteiger charge is -2.09. The maximum atomic E-state index is 11.7. The molecule has 0 aliphatic rings. The van der Waals surface area contributed by atoms with E-state index in [1.165, 1.54) is 0 Å². The number of rotatable bonds is 7. The Bertz CT molecular complexity index is 292. The predicted molar refractivity (Wildman–Crippen MR) is 65.5 cm³/mol. The summed E-state index contributed by atoms with van der Waals surface area (Å²) in [6, 6.07) is 0. The molecule has 0 aromatic heterocycles. The van der Waals surface area contributed by atoms with E-state index in [-0.39, 0.29) is 0 Å². The summed E-state index contributed by atoms with van der Waals surface area (Å²) >= 11 is 0. The lowest BCUT2D eigenvalue weighted by Crippen LogP contribution is -2.15. The maximum absolute atomic E-state index is 11.7. The second-order valence-electron chi connectivity index (χ2n) is 3.73. The lowest BCUT2D eigenvalue weighted by atomic mass is 10.1. The second-order valence-corrected chi connectivity index (χ2v) is 3.73. The molecule has 0 aromatic rings. The van der Waals surface area contributed by atoms with Gasteiger partial charge < -0.3 is 9.47 Å². The van der Waals surface area contributed by atoms with Gasteiger partial charge in [0.25, 0.3) is 0 Å². The molecule has 0 heterocycles. The third-order valence-electron chi connectivity index (χ3n) is 2.23. The van der Waals surface area contributed by atoms with E-state index in [2.05, 4.69) is 0 Å². The number of hydrogen-bond acceptors (Lipinski definition) is 4. The highest BCUT2D eigenvalue weighted by Gasteiger charge is 2.17. The molecule has 0 bridgehead atoms. The van der Waals surface area contributed by atoms with Crippen molar-refractivity contribution in [3.63, 3.8) is 0 Å². The Morgan fingerprint density at radius 3 is 1.76 bits per heavy atom. The van der Waals surface area contributed by atoms with Crippen molar-refractivity contribution in [3.8, 4) is 0 Å². The zero-order valence-corrected chi connectivity index (χ0v) is 11.2. The van der Waals surface area contributed by atoms with Crippen LogP contribution in [-0.2, 0) is 19.1 Å². The van der Waals surface area contributed by atoms with Gasteiger partial charge in [0.05, 0.1) is 13.2 Å². The SMILES string of the molecule is CCCOC(=O)C(C)=C(CC)C(=O)OCCC. The topological polar surface area (TPSA) is 52.6 Å². The number of hydrogen-bond donors (Lipinski definition) is 0. The van der Waals surface area contributed by atoms with Crippen molar-refractivity contribution in [2.75, 3.05) is 13.2 Å². The first-order valence-corrected chi connectivity index (χ1v) is 6.12. The Labute approximate surface area is 103 Å². The zero-order chi connectivity index (χ0) is 13.3. The minimum absolute atomic E-state index is 0.349. The summed E-state index contributed by atoms with van der Waals surface area (Å²) < 4.78 is 10.0. The van der Waals surface area contributed by atoms with Crippen LogP contribution in [-0.4, -0.2) is 25.2 Å². The molecule has 17 heavy (non-hydrogen) atoms. The molecular weight excluding hydrogens is 220 g/mol. The van der Waals surface area contributed by atoms with Crippen LogP contribution >= 0.6 is 0 Å². The van der Waals surface area contributed by atoms with Crippen LogP contribution in [0.5, 0.6) is 0 Å². The van der Waals surface area contributed by atoms with Gasteiger partial charge in [-0.2, -0.15) is 0 Å². The van der Waals surface area contributed by atoms with E-state index >= 15 is 0 Å². The highest BCUT2D eigenvalue weighted by atomic mass is 16.5. The van der Waals surface area contributed by atoms with Gasteiger partial charge in [-0.15, -0.1) is 0 Å². The quantitative estimate of drug-likeness (QED) is 0.508. The first-order valence-electron chi connectivity index (χ1n) is 6.12. The molecule has 0 amide bonds. The van der Waals surface area contributed by atoms with Gasteiger partial charge in [-0.3, -0.25) is 0 Å². The van der Waals surface area contributed by atoms with Gasteiger partial charge in [0.1, 0.15) is 0 Å². The van der Waals surface area contributed by atoms with E-state index in [1.807, 2.05) is 20.8 Å². The third-order valence-corrected chi connectivity index (χ3v) is 2.23. The van der Waals surface area contributed by atoms with E-state index in [4.69, 9.17) is 9.47 Å². The molecule has 0 saturated carbocycles. The van der Waals surface area contributed by atoms with Crippen molar-refractivity contribution in [3.05, 3.63) is 11.1 Å². The van der Waals surface area contributed by atoms with Crippen LogP contribution in [0.15, 0.2) is 11.1 Å². The first-order chi connectivity index (χ1) is 8.08. The van der Waals surface area contributed by atoms with E-state index in [0.29, 0.717) is 30.8 Å². The van der Waals surface area contributed by atoms with Crippen molar-refractivity contribution in [2.45, 2.75) is 47.0 Å². The van der Waals surface area contributed by atoms with Gasteiger partial charge in [0.2, 0.25) is 0 Å². The minimum Gasteiger partial charge on any atom is -0.462 e.